The van der Waals surface area contributed by atoms with Crippen molar-refractivity contribution in [1.29, 1.82) is 0 Å². The van der Waals surface area contributed by atoms with E-state index in [-0.39, 0.29) is 6.09 Å². The number of alkyl carbamates (subject to hydrolysis) is 1. The molecule has 2 aromatic carbocycles. The molecule has 0 radical (unpaired) electrons. The summed E-state index contributed by atoms with van der Waals surface area (Å²) >= 11 is 0. The van der Waals surface area contributed by atoms with Gasteiger partial charge in [0.15, 0.2) is 0 Å². The van der Waals surface area contributed by atoms with Crippen LogP contribution < -0.4 is 10.6 Å². The van der Waals surface area contributed by atoms with Crippen molar-refractivity contribution in [2.24, 2.45) is 0 Å². The Balaban J connectivity index is 1.71. The fourth-order valence-corrected chi connectivity index (χ4v) is 2.15. The lowest BCUT2D eigenvalue weighted by molar-refractivity contribution is 0.0528. The van der Waals surface area contributed by atoms with Gasteiger partial charge in [0.2, 0.25) is 0 Å². The van der Waals surface area contributed by atoms with Crippen LogP contribution >= 0.6 is 0 Å². The van der Waals surface area contributed by atoms with Crippen molar-refractivity contribution in [3.8, 4) is 0 Å². The zero-order chi connectivity index (χ0) is 16.0. The first-order valence-corrected chi connectivity index (χ1v) is 7.59. The highest BCUT2D eigenvalue weighted by Crippen LogP contribution is 2.15. The molecule has 0 saturated heterocycles. The molecule has 0 unspecified atom stereocenters. The van der Waals surface area contributed by atoms with Crippen molar-refractivity contribution < 1.29 is 9.53 Å². The number of hydrogen-bond donors (Lipinski definition) is 2. The van der Waals surface area contributed by atoms with Crippen molar-refractivity contribution in [2.75, 3.05) is 13.1 Å². The van der Waals surface area contributed by atoms with E-state index >= 15 is 0 Å². The Hall–Kier alpha value is -2.07. The van der Waals surface area contributed by atoms with Crippen molar-refractivity contribution >= 4 is 16.9 Å². The standard InChI is InChI=1S/C18H24N2O2/c1-18(2,3)22-17(21)20-11-10-19-13-14-8-9-15-6-4-5-7-16(15)12-14/h4-9,12,19H,10-11,13H2,1-3H3,(H,20,21). The third-order valence-corrected chi connectivity index (χ3v) is 3.11. The van der Waals surface area contributed by atoms with E-state index < -0.39 is 5.60 Å². The first-order chi connectivity index (χ1) is 10.4. The van der Waals surface area contributed by atoms with Crippen LogP contribution in [0, 0.1) is 0 Å². The Labute approximate surface area is 131 Å². The van der Waals surface area contributed by atoms with E-state index in [0.29, 0.717) is 13.1 Å². The molecule has 0 aromatic heterocycles. The number of carbonyl (C=O) groups excluding carboxylic acids is 1. The van der Waals surface area contributed by atoms with Crippen LogP contribution in [-0.4, -0.2) is 24.8 Å². The SMILES string of the molecule is CC(C)(C)OC(=O)NCCNCc1ccc2ccccc2c1. The van der Waals surface area contributed by atoms with Gasteiger partial charge in [0.1, 0.15) is 5.60 Å². The van der Waals surface area contributed by atoms with E-state index in [2.05, 4.69) is 41.0 Å². The summed E-state index contributed by atoms with van der Waals surface area (Å²) in [5.41, 5.74) is 0.777. The number of amides is 1. The summed E-state index contributed by atoms with van der Waals surface area (Å²) < 4.78 is 5.17. The highest BCUT2D eigenvalue weighted by molar-refractivity contribution is 5.82. The molecule has 4 nitrogen and oxygen atoms in total. The van der Waals surface area contributed by atoms with Gasteiger partial charge in [-0.2, -0.15) is 0 Å². The summed E-state index contributed by atoms with van der Waals surface area (Å²) in [6, 6.07) is 14.7. The monoisotopic (exact) mass is 300 g/mol. The summed E-state index contributed by atoms with van der Waals surface area (Å²) in [5.74, 6) is 0. The van der Waals surface area contributed by atoms with Gasteiger partial charge >= 0.3 is 6.09 Å². The quantitative estimate of drug-likeness (QED) is 0.832. The van der Waals surface area contributed by atoms with Gasteiger partial charge in [-0.3, -0.25) is 0 Å². The van der Waals surface area contributed by atoms with Gasteiger partial charge in [0.25, 0.3) is 0 Å². The van der Waals surface area contributed by atoms with Gasteiger partial charge in [-0.05, 0) is 43.2 Å². The van der Waals surface area contributed by atoms with Crippen LogP contribution in [-0.2, 0) is 11.3 Å². The molecule has 2 rings (SSSR count). The van der Waals surface area contributed by atoms with Crippen LogP contribution in [0.15, 0.2) is 42.5 Å². The summed E-state index contributed by atoms with van der Waals surface area (Å²) in [4.78, 5) is 11.5. The van der Waals surface area contributed by atoms with Gasteiger partial charge in [0, 0.05) is 19.6 Å². The highest BCUT2D eigenvalue weighted by Gasteiger charge is 2.15. The predicted octanol–water partition coefficient (Wildman–Crippen LogP) is 3.45. The largest absolute Gasteiger partial charge is 0.444 e. The normalized spacial score (nSPS) is 11.4. The highest BCUT2D eigenvalue weighted by atomic mass is 16.6. The number of nitrogens with one attached hydrogen (secondary N) is 2. The molecule has 0 atom stereocenters. The second-order valence-electron chi connectivity index (χ2n) is 6.29. The van der Waals surface area contributed by atoms with Crippen LogP contribution in [0.3, 0.4) is 0 Å². The zero-order valence-corrected chi connectivity index (χ0v) is 13.5. The number of carbonyl (C=O) groups is 1. The minimum absolute atomic E-state index is 0.375. The first kappa shape index (κ1) is 16.3. The molecule has 0 aliphatic carbocycles. The lowest BCUT2D eigenvalue weighted by atomic mass is 10.1. The lowest BCUT2D eigenvalue weighted by Gasteiger charge is -2.19. The molecule has 4 heteroatoms. The van der Waals surface area contributed by atoms with Gasteiger partial charge < -0.3 is 15.4 Å². The molecular weight excluding hydrogens is 276 g/mol. The maximum Gasteiger partial charge on any atom is 0.407 e. The average molecular weight is 300 g/mol. The van der Waals surface area contributed by atoms with Crippen LogP contribution in [0.5, 0.6) is 0 Å². The minimum Gasteiger partial charge on any atom is -0.444 e. The van der Waals surface area contributed by atoms with E-state index in [4.69, 9.17) is 4.74 Å². The molecule has 2 N–H and O–H groups in total. The summed E-state index contributed by atoms with van der Waals surface area (Å²) in [6.45, 7) is 7.58. The smallest absolute Gasteiger partial charge is 0.407 e. The van der Waals surface area contributed by atoms with Crippen molar-refractivity contribution in [1.82, 2.24) is 10.6 Å². The number of benzene rings is 2. The Morgan fingerprint density at radius 3 is 2.50 bits per heavy atom. The number of ether oxygens (including phenoxy) is 1. The molecule has 22 heavy (non-hydrogen) atoms. The van der Waals surface area contributed by atoms with Crippen molar-refractivity contribution in [3.05, 3.63) is 48.0 Å². The zero-order valence-electron chi connectivity index (χ0n) is 13.5. The first-order valence-electron chi connectivity index (χ1n) is 7.59. The topological polar surface area (TPSA) is 50.4 Å². The van der Waals surface area contributed by atoms with Gasteiger partial charge in [-0.25, -0.2) is 4.79 Å². The fraction of sp³-hybridized carbons (Fsp3) is 0.389. The molecule has 0 fully saturated rings. The molecule has 0 saturated carbocycles. The summed E-state index contributed by atoms with van der Waals surface area (Å²) in [6.07, 6.45) is -0.375. The molecule has 0 aliphatic heterocycles. The summed E-state index contributed by atoms with van der Waals surface area (Å²) in [5, 5.41) is 8.54. The van der Waals surface area contributed by atoms with Gasteiger partial charge in [-0.15, -0.1) is 0 Å². The maximum absolute atomic E-state index is 11.5. The molecular formula is C18H24N2O2. The molecule has 0 aliphatic rings. The number of rotatable bonds is 5. The van der Waals surface area contributed by atoms with E-state index in [1.165, 1.54) is 16.3 Å². The molecule has 0 bridgehead atoms. The van der Waals surface area contributed by atoms with Crippen LogP contribution in [0.4, 0.5) is 4.79 Å². The molecule has 1 amide bonds. The van der Waals surface area contributed by atoms with E-state index in [9.17, 15) is 4.79 Å². The second kappa shape index (κ2) is 7.27. The Morgan fingerprint density at radius 1 is 1.05 bits per heavy atom. The van der Waals surface area contributed by atoms with E-state index in [1.54, 1.807) is 0 Å². The molecule has 0 spiro atoms. The van der Waals surface area contributed by atoms with Crippen LogP contribution in [0.1, 0.15) is 26.3 Å². The average Bonchev–Trinajstić information content (AvgIpc) is 2.45. The Bertz CT molecular complexity index is 632. The third kappa shape index (κ3) is 5.37. The van der Waals surface area contributed by atoms with Crippen molar-refractivity contribution in [2.45, 2.75) is 32.9 Å². The molecule has 118 valence electrons. The van der Waals surface area contributed by atoms with Crippen LogP contribution in [0.25, 0.3) is 10.8 Å². The third-order valence-electron chi connectivity index (χ3n) is 3.11. The Kier molecular flexibility index (Phi) is 5.39. The fourth-order valence-electron chi connectivity index (χ4n) is 2.15. The second-order valence-corrected chi connectivity index (χ2v) is 6.29. The predicted molar refractivity (Wildman–Crippen MR) is 89.9 cm³/mol. The lowest BCUT2D eigenvalue weighted by Crippen LogP contribution is -2.36. The van der Waals surface area contributed by atoms with Gasteiger partial charge in [-0.1, -0.05) is 36.4 Å². The van der Waals surface area contributed by atoms with E-state index in [1.807, 2.05) is 32.9 Å². The van der Waals surface area contributed by atoms with Crippen LogP contribution in [0.2, 0.25) is 0 Å². The molecule has 2 aromatic rings. The van der Waals surface area contributed by atoms with Crippen molar-refractivity contribution in [3.63, 3.8) is 0 Å². The summed E-state index contributed by atoms with van der Waals surface area (Å²) in [7, 11) is 0. The van der Waals surface area contributed by atoms with E-state index in [0.717, 1.165) is 6.54 Å². The maximum atomic E-state index is 11.5. The minimum atomic E-state index is -0.456. The Morgan fingerprint density at radius 2 is 1.77 bits per heavy atom. The molecule has 0 heterocycles. The van der Waals surface area contributed by atoms with Gasteiger partial charge in [0.05, 0.1) is 0 Å². The number of hydrogen-bond acceptors (Lipinski definition) is 3. The number of fused-ring (bicyclic) bond motifs is 1.